The Morgan fingerprint density at radius 1 is 1.44 bits per heavy atom. The normalized spacial score (nSPS) is 11.9. The van der Waals surface area contributed by atoms with Gasteiger partial charge < -0.3 is 16.2 Å². The van der Waals surface area contributed by atoms with Crippen LogP contribution in [-0.2, 0) is 4.79 Å². The van der Waals surface area contributed by atoms with Crippen molar-refractivity contribution in [3.05, 3.63) is 29.3 Å². The van der Waals surface area contributed by atoms with Gasteiger partial charge in [-0.3, -0.25) is 4.79 Å². The first-order chi connectivity index (χ1) is 8.49. The van der Waals surface area contributed by atoms with Crippen LogP contribution in [0.4, 0.5) is 5.69 Å². The molecule has 4 N–H and O–H groups in total. The molecule has 1 atom stereocenters. The summed E-state index contributed by atoms with van der Waals surface area (Å²) in [5.41, 5.74) is 6.99. The Kier molecular flexibility index (Phi) is 4.85. The van der Waals surface area contributed by atoms with Crippen LogP contribution < -0.4 is 11.1 Å². The van der Waals surface area contributed by atoms with Crippen molar-refractivity contribution in [3.63, 3.8) is 0 Å². The number of aromatic carboxylic acids is 1. The van der Waals surface area contributed by atoms with E-state index in [4.69, 9.17) is 10.8 Å². The van der Waals surface area contributed by atoms with Crippen molar-refractivity contribution in [2.24, 2.45) is 11.7 Å². The molecular weight excluding hydrogens is 232 g/mol. The third-order valence-electron chi connectivity index (χ3n) is 2.89. The second-order valence-corrected chi connectivity index (χ2v) is 4.16. The maximum Gasteiger partial charge on any atom is 0.335 e. The highest BCUT2D eigenvalue weighted by Crippen LogP contribution is 2.18. The molecule has 0 saturated heterocycles. The van der Waals surface area contributed by atoms with Crippen LogP contribution in [0, 0.1) is 12.8 Å². The molecule has 0 saturated carbocycles. The van der Waals surface area contributed by atoms with Crippen LogP contribution in [0.25, 0.3) is 0 Å². The summed E-state index contributed by atoms with van der Waals surface area (Å²) in [4.78, 5) is 22.7. The number of amides is 1. The van der Waals surface area contributed by atoms with E-state index in [9.17, 15) is 9.59 Å². The molecule has 5 nitrogen and oxygen atoms in total. The summed E-state index contributed by atoms with van der Waals surface area (Å²) in [6.45, 7) is 3.97. The minimum atomic E-state index is -1.02. The zero-order valence-electron chi connectivity index (χ0n) is 10.6. The van der Waals surface area contributed by atoms with Crippen molar-refractivity contribution in [1.29, 1.82) is 0 Å². The first-order valence-corrected chi connectivity index (χ1v) is 5.84. The first-order valence-electron chi connectivity index (χ1n) is 5.84. The summed E-state index contributed by atoms with van der Waals surface area (Å²) < 4.78 is 0. The van der Waals surface area contributed by atoms with Gasteiger partial charge >= 0.3 is 5.97 Å². The van der Waals surface area contributed by atoms with Gasteiger partial charge in [0, 0.05) is 12.2 Å². The highest BCUT2D eigenvalue weighted by Gasteiger charge is 2.16. The molecule has 0 aliphatic carbocycles. The summed E-state index contributed by atoms with van der Waals surface area (Å²) >= 11 is 0. The molecule has 0 aliphatic rings. The smallest absolute Gasteiger partial charge is 0.335 e. The van der Waals surface area contributed by atoms with Crippen molar-refractivity contribution in [1.82, 2.24) is 0 Å². The van der Waals surface area contributed by atoms with Gasteiger partial charge in [0.25, 0.3) is 0 Å². The monoisotopic (exact) mass is 250 g/mol. The molecule has 0 bridgehead atoms. The van der Waals surface area contributed by atoms with Gasteiger partial charge in [-0.1, -0.05) is 13.0 Å². The number of hydrogen-bond acceptors (Lipinski definition) is 3. The molecular formula is C13H18N2O3. The summed E-state index contributed by atoms with van der Waals surface area (Å²) in [5, 5.41) is 11.6. The van der Waals surface area contributed by atoms with Crippen molar-refractivity contribution < 1.29 is 14.7 Å². The van der Waals surface area contributed by atoms with Crippen LogP contribution in [-0.4, -0.2) is 23.5 Å². The van der Waals surface area contributed by atoms with E-state index >= 15 is 0 Å². The van der Waals surface area contributed by atoms with Gasteiger partial charge in [-0.15, -0.1) is 0 Å². The average Bonchev–Trinajstić information content (AvgIpc) is 2.33. The number of carbonyl (C=O) groups excluding carboxylic acids is 1. The number of nitrogens with one attached hydrogen (secondary N) is 1. The van der Waals surface area contributed by atoms with Crippen molar-refractivity contribution >= 4 is 17.6 Å². The molecule has 0 heterocycles. The average molecular weight is 250 g/mol. The van der Waals surface area contributed by atoms with Crippen molar-refractivity contribution in [2.75, 3.05) is 11.9 Å². The third kappa shape index (κ3) is 3.30. The van der Waals surface area contributed by atoms with Crippen LogP contribution in [0.3, 0.4) is 0 Å². The summed E-state index contributed by atoms with van der Waals surface area (Å²) in [7, 11) is 0. The fourth-order valence-electron chi connectivity index (χ4n) is 1.58. The predicted octanol–water partition coefficient (Wildman–Crippen LogP) is 1.62. The van der Waals surface area contributed by atoms with Crippen LogP contribution in [0.5, 0.6) is 0 Å². The SMILES string of the molecule is CCC(CN)C(=O)Nc1cc(C(=O)O)ccc1C. The fraction of sp³-hybridized carbons (Fsp3) is 0.385. The first kappa shape index (κ1) is 14.2. The predicted molar refractivity (Wildman–Crippen MR) is 69.6 cm³/mol. The summed E-state index contributed by atoms with van der Waals surface area (Å²) in [6, 6.07) is 4.63. The zero-order chi connectivity index (χ0) is 13.7. The van der Waals surface area contributed by atoms with Crippen LogP contribution in [0.15, 0.2) is 18.2 Å². The van der Waals surface area contributed by atoms with Crippen molar-refractivity contribution in [3.8, 4) is 0 Å². The fourth-order valence-corrected chi connectivity index (χ4v) is 1.58. The largest absolute Gasteiger partial charge is 0.478 e. The molecule has 0 radical (unpaired) electrons. The molecule has 1 unspecified atom stereocenters. The van der Waals surface area contributed by atoms with Crippen LogP contribution in [0.2, 0.25) is 0 Å². The van der Waals surface area contributed by atoms with Crippen LogP contribution in [0.1, 0.15) is 29.3 Å². The molecule has 0 aliphatic heterocycles. The standard InChI is InChI=1S/C13H18N2O3/c1-3-9(7-14)12(16)15-11-6-10(13(17)18)5-4-8(11)2/h4-6,9H,3,7,14H2,1-2H3,(H,15,16)(H,17,18). The highest BCUT2D eigenvalue weighted by atomic mass is 16.4. The molecule has 0 spiro atoms. The van der Waals surface area contributed by atoms with Gasteiger partial charge in [-0.25, -0.2) is 4.79 Å². The summed E-state index contributed by atoms with van der Waals surface area (Å²) in [6.07, 6.45) is 0.653. The second-order valence-electron chi connectivity index (χ2n) is 4.16. The minimum Gasteiger partial charge on any atom is -0.478 e. The molecule has 98 valence electrons. The lowest BCUT2D eigenvalue weighted by molar-refractivity contribution is -0.119. The Labute approximate surface area is 106 Å². The third-order valence-corrected chi connectivity index (χ3v) is 2.89. The lowest BCUT2D eigenvalue weighted by Gasteiger charge is -2.14. The van der Waals surface area contributed by atoms with Gasteiger partial charge in [0.05, 0.1) is 11.5 Å². The van der Waals surface area contributed by atoms with E-state index in [1.54, 1.807) is 6.07 Å². The van der Waals surface area contributed by atoms with E-state index in [1.807, 2.05) is 13.8 Å². The minimum absolute atomic E-state index is 0.150. The number of anilines is 1. The number of benzene rings is 1. The van der Waals surface area contributed by atoms with Gasteiger partial charge in [-0.05, 0) is 31.0 Å². The maximum absolute atomic E-state index is 11.9. The van der Waals surface area contributed by atoms with E-state index < -0.39 is 5.97 Å². The number of rotatable bonds is 5. The number of nitrogens with two attached hydrogens (primary N) is 1. The quantitative estimate of drug-likeness (QED) is 0.740. The maximum atomic E-state index is 11.9. The van der Waals surface area contributed by atoms with Crippen molar-refractivity contribution in [2.45, 2.75) is 20.3 Å². The van der Waals surface area contributed by atoms with E-state index in [1.165, 1.54) is 12.1 Å². The zero-order valence-corrected chi connectivity index (χ0v) is 10.6. The topological polar surface area (TPSA) is 92.4 Å². The Hall–Kier alpha value is -1.88. The van der Waals surface area contributed by atoms with Gasteiger partial charge in [0.2, 0.25) is 5.91 Å². The number of carboxylic acid groups (broad SMARTS) is 1. The molecule has 5 heteroatoms. The highest BCUT2D eigenvalue weighted by molar-refractivity contribution is 5.95. The molecule has 0 aromatic heterocycles. The Bertz CT molecular complexity index is 454. The lowest BCUT2D eigenvalue weighted by Crippen LogP contribution is -2.29. The Morgan fingerprint density at radius 3 is 2.61 bits per heavy atom. The molecule has 0 fully saturated rings. The van der Waals surface area contributed by atoms with Gasteiger partial charge in [0.15, 0.2) is 0 Å². The van der Waals surface area contributed by atoms with E-state index in [2.05, 4.69) is 5.32 Å². The Balaban J connectivity index is 2.93. The molecule has 1 aromatic rings. The summed E-state index contributed by atoms with van der Waals surface area (Å²) in [5.74, 6) is -1.44. The molecule has 18 heavy (non-hydrogen) atoms. The lowest BCUT2D eigenvalue weighted by atomic mass is 10.0. The molecule has 1 aromatic carbocycles. The van der Waals surface area contributed by atoms with Crippen LogP contribution >= 0.6 is 0 Å². The second kappa shape index (κ2) is 6.16. The van der Waals surface area contributed by atoms with E-state index in [-0.39, 0.29) is 23.9 Å². The van der Waals surface area contributed by atoms with E-state index in [0.717, 1.165) is 5.56 Å². The Morgan fingerprint density at radius 2 is 2.11 bits per heavy atom. The van der Waals surface area contributed by atoms with E-state index in [0.29, 0.717) is 12.1 Å². The van der Waals surface area contributed by atoms with Gasteiger partial charge in [-0.2, -0.15) is 0 Å². The molecule has 1 rings (SSSR count). The van der Waals surface area contributed by atoms with Gasteiger partial charge in [0.1, 0.15) is 0 Å². The number of hydrogen-bond donors (Lipinski definition) is 3. The number of carboxylic acids is 1. The number of carbonyl (C=O) groups is 2. The molecule has 1 amide bonds. The number of aryl methyl sites for hydroxylation is 1.